The maximum atomic E-state index is 12.8. The van der Waals surface area contributed by atoms with E-state index >= 15 is 0 Å². The molecular formula is C24H28N6O3. The highest BCUT2D eigenvalue weighted by atomic mass is 16.7. The van der Waals surface area contributed by atoms with Crippen molar-refractivity contribution in [1.82, 2.24) is 30.0 Å². The molecule has 1 N–H and O–H groups in total. The SMILES string of the molecule is CC(C)[C@@H](NC(=O)c1ccccn1)c1nnc2n1CCN(Cc1ccc3c(c1)OCO3)CC2. The number of carbonyl (C=O) groups is 1. The third kappa shape index (κ3) is 4.54. The van der Waals surface area contributed by atoms with Gasteiger partial charge in [0.1, 0.15) is 11.5 Å². The van der Waals surface area contributed by atoms with E-state index < -0.39 is 0 Å². The van der Waals surface area contributed by atoms with E-state index in [1.54, 1.807) is 18.3 Å². The fourth-order valence-electron chi connectivity index (χ4n) is 4.32. The highest BCUT2D eigenvalue weighted by Crippen LogP contribution is 2.33. The molecule has 0 unspecified atom stereocenters. The van der Waals surface area contributed by atoms with E-state index in [-0.39, 0.29) is 24.7 Å². The lowest BCUT2D eigenvalue weighted by molar-refractivity contribution is 0.0916. The van der Waals surface area contributed by atoms with Crippen molar-refractivity contribution in [3.63, 3.8) is 0 Å². The molecular weight excluding hydrogens is 420 g/mol. The van der Waals surface area contributed by atoms with E-state index in [9.17, 15) is 4.79 Å². The second kappa shape index (κ2) is 9.19. The van der Waals surface area contributed by atoms with E-state index in [1.807, 2.05) is 12.1 Å². The van der Waals surface area contributed by atoms with Gasteiger partial charge in [0.2, 0.25) is 6.79 Å². The van der Waals surface area contributed by atoms with Crippen LogP contribution in [0.5, 0.6) is 11.5 Å². The van der Waals surface area contributed by atoms with Crippen LogP contribution in [0.2, 0.25) is 0 Å². The van der Waals surface area contributed by atoms with Gasteiger partial charge >= 0.3 is 0 Å². The molecule has 2 aliphatic rings. The molecule has 0 aliphatic carbocycles. The molecule has 0 spiro atoms. The Kier molecular flexibility index (Phi) is 5.95. The van der Waals surface area contributed by atoms with Gasteiger partial charge in [0.15, 0.2) is 17.3 Å². The average molecular weight is 449 g/mol. The first-order chi connectivity index (χ1) is 16.1. The maximum Gasteiger partial charge on any atom is 0.270 e. The van der Waals surface area contributed by atoms with Gasteiger partial charge in [-0.3, -0.25) is 14.7 Å². The van der Waals surface area contributed by atoms with Crippen LogP contribution >= 0.6 is 0 Å². The number of amides is 1. The number of nitrogens with zero attached hydrogens (tertiary/aromatic N) is 5. The number of fused-ring (bicyclic) bond motifs is 2. The predicted molar refractivity (Wildman–Crippen MR) is 121 cm³/mol. The summed E-state index contributed by atoms with van der Waals surface area (Å²) in [6.45, 7) is 7.79. The van der Waals surface area contributed by atoms with Crippen molar-refractivity contribution in [3.05, 3.63) is 65.5 Å². The zero-order chi connectivity index (χ0) is 22.8. The van der Waals surface area contributed by atoms with Crippen molar-refractivity contribution in [2.75, 3.05) is 19.9 Å². The third-order valence-corrected chi connectivity index (χ3v) is 6.12. The summed E-state index contributed by atoms with van der Waals surface area (Å²) in [5.41, 5.74) is 1.59. The van der Waals surface area contributed by atoms with Crippen molar-refractivity contribution in [3.8, 4) is 11.5 Å². The lowest BCUT2D eigenvalue weighted by atomic mass is 10.0. The average Bonchev–Trinajstić information content (AvgIpc) is 3.41. The van der Waals surface area contributed by atoms with Gasteiger partial charge in [-0.15, -0.1) is 10.2 Å². The molecule has 0 bridgehead atoms. The first-order valence-electron chi connectivity index (χ1n) is 11.3. The molecule has 4 heterocycles. The molecule has 0 saturated carbocycles. The van der Waals surface area contributed by atoms with Crippen LogP contribution in [-0.4, -0.2) is 50.4 Å². The smallest absolute Gasteiger partial charge is 0.270 e. The molecule has 1 atom stereocenters. The molecule has 2 aliphatic heterocycles. The van der Waals surface area contributed by atoms with Crippen LogP contribution in [0, 0.1) is 5.92 Å². The first kappa shape index (κ1) is 21.4. The molecule has 5 rings (SSSR count). The van der Waals surface area contributed by atoms with E-state index in [0.717, 1.165) is 55.7 Å². The number of rotatable bonds is 6. The van der Waals surface area contributed by atoms with E-state index in [2.05, 4.69) is 55.9 Å². The summed E-state index contributed by atoms with van der Waals surface area (Å²) < 4.78 is 13.1. The second-order valence-electron chi connectivity index (χ2n) is 8.75. The number of ether oxygens (including phenoxy) is 2. The molecule has 0 saturated heterocycles. The van der Waals surface area contributed by atoms with Crippen LogP contribution < -0.4 is 14.8 Å². The summed E-state index contributed by atoms with van der Waals surface area (Å²) in [6, 6.07) is 11.2. The highest BCUT2D eigenvalue weighted by Gasteiger charge is 2.28. The standard InChI is InChI=1S/C24H28N6O3/c1-16(2)22(26-24(31)18-5-3-4-9-25-18)23-28-27-21-8-10-29(11-12-30(21)23)14-17-6-7-19-20(13-17)33-15-32-19/h3-7,9,13,16,22H,8,10-12,14-15H2,1-2H3,(H,26,31)/t22-/m1/s1. The molecule has 3 aromatic rings. The quantitative estimate of drug-likeness (QED) is 0.619. The van der Waals surface area contributed by atoms with Gasteiger partial charge in [0.25, 0.3) is 5.91 Å². The van der Waals surface area contributed by atoms with Crippen molar-refractivity contribution in [2.24, 2.45) is 5.92 Å². The second-order valence-corrected chi connectivity index (χ2v) is 8.75. The van der Waals surface area contributed by atoms with Crippen LogP contribution in [0.4, 0.5) is 0 Å². The van der Waals surface area contributed by atoms with Crippen LogP contribution in [0.1, 0.15) is 47.6 Å². The van der Waals surface area contributed by atoms with E-state index in [4.69, 9.17) is 9.47 Å². The summed E-state index contributed by atoms with van der Waals surface area (Å²) in [7, 11) is 0. The summed E-state index contributed by atoms with van der Waals surface area (Å²) in [4.78, 5) is 19.3. The van der Waals surface area contributed by atoms with Crippen molar-refractivity contribution in [1.29, 1.82) is 0 Å². The topological polar surface area (TPSA) is 94.4 Å². The fourth-order valence-corrected chi connectivity index (χ4v) is 4.32. The third-order valence-electron chi connectivity index (χ3n) is 6.12. The Bertz CT molecular complexity index is 1130. The number of benzene rings is 1. The van der Waals surface area contributed by atoms with Crippen molar-refractivity contribution >= 4 is 5.91 Å². The summed E-state index contributed by atoms with van der Waals surface area (Å²) in [5.74, 6) is 3.32. The summed E-state index contributed by atoms with van der Waals surface area (Å²) in [6.07, 6.45) is 2.42. The van der Waals surface area contributed by atoms with Crippen LogP contribution in [0.3, 0.4) is 0 Å². The number of hydrogen-bond acceptors (Lipinski definition) is 7. The van der Waals surface area contributed by atoms with Crippen molar-refractivity contribution in [2.45, 2.75) is 39.4 Å². The van der Waals surface area contributed by atoms with Gasteiger partial charge in [-0.05, 0) is 35.7 Å². The Balaban J connectivity index is 1.29. The zero-order valence-corrected chi connectivity index (χ0v) is 18.9. The van der Waals surface area contributed by atoms with Gasteiger partial charge in [-0.2, -0.15) is 0 Å². The predicted octanol–water partition coefficient (Wildman–Crippen LogP) is 2.59. The minimum absolute atomic E-state index is 0.152. The lowest BCUT2D eigenvalue weighted by Gasteiger charge is -2.23. The fraction of sp³-hybridized carbons (Fsp3) is 0.417. The Morgan fingerprint density at radius 1 is 1.09 bits per heavy atom. The van der Waals surface area contributed by atoms with Crippen LogP contribution in [0.25, 0.3) is 0 Å². The van der Waals surface area contributed by atoms with Crippen LogP contribution in [0.15, 0.2) is 42.6 Å². The number of hydrogen-bond donors (Lipinski definition) is 1. The Morgan fingerprint density at radius 3 is 2.79 bits per heavy atom. The Hall–Kier alpha value is -3.46. The molecule has 1 aromatic carbocycles. The van der Waals surface area contributed by atoms with Crippen molar-refractivity contribution < 1.29 is 14.3 Å². The lowest BCUT2D eigenvalue weighted by Crippen LogP contribution is -2.34. The Morgan fingerprint density at radius 2 is 1.97 bits per heavy atom. The normalized spacial score (nSPS) is 16.3. The Labute approximate surface area is 192 Å². The molecule has 172 valence electrons. The highest BCUT2D eigenvalue weighted by molar-refractivity contribution is 5.92. The maximum absolute atomic E-state index is 12.8. The van der Waals surface area contributed by atoms with Gasteiger partial charge in [0.05, 0.1) is 6.04 Å². The first-order valence-corrected chi connectivity index (χ1v) is 11.3. The van der Waals surface area contributed by atoms with E-state index in [1.165, 1.54) is 5.56 Å². The molecule has 0 radical (unpaired) electrons. The number of pyridine rings is 1. The number of carbonyl (C=O) groups excluding carboxylic acids is 1. The molecule has 9 nitrogen and oxygen atoms in total. The van der Waals surface area contributed by atoms with E-state index in [0.29, 0.717) is 5.69 Å². The van der Waals surface area contributed by atoms with Gasteiger partial charge in [0, 0.05) is 38.8 Å². The molecule has 9 heteroatoms. The molecule has 0 fully saturated rings. The van der Waals surface area contributed by atoms with Gasteiger partial charge in [-0.1, -0.05) is 26.0 Å². The minimum Gasteiger partial charge on any atom is -0.454 e. The molecule has 2 aromatic heterocycles. The summed E-state index contributed by atoms with van der Waals surface area (Å²) in [5, 5.41) is 12.1. The largest absolute Gasteiger partial charge is 0.454 e. The van der Waals surface area contributed by atoms with Crippen LogP contribution in [-0.2, 0) is 19.5 Å². The van der Waals surface area contributed by atoms with Gasteiger partial charge in [-0.25, -0.2) is 0 Å². The minimum atomic E-state index is -0.249. The summed E-state index contributed by atoms with van der Waals surface area (Å²) >= 11 is 0. The molecule has 1 amide bonds. The number of aromatic nitrogens is 4. The van der Waals surface area contributed by atoms with Gasteiger partial charge < -0.3 is 19.4 Å². The number of nitrogens with one attached hydrogen (secondary N) is 1. The molecule has 33 heavy (non-hydrogen) atoms. The monoisotopic (exact) mass is 448 g/mol. The zero-order valence-electron chi connectivity index (χ0n) is 18.9.